The van der Waals surface area contributed by atoms with Crippen LogP contribution in [0.5, 0.6) is 0 Å². The number of rotatable bonds is 1. The summed E-state index contributed by atoms with van der Waals surface area (Å²) in [5.74, 6) is 0.484. The Kier molecular flexibility index (Phi) is 3.03. The van der Waals surface area contributed by atoms with Crippen molar-refractivity contribution in [3.63, 3.8) is 0 Å². The summed E-state index contributed by atoms with van der Waals surface area (Å²) in [5, 5.41) is 1.16. The molecule has 1 aromatic heterocycles. The van der Waals surface area contributed by atoms with Crippen molar-refractivity contribution < 1.29 is 0 Å². The molecule has 3 heteroatoms. The van der Waals surface area contributed by atoms with Crippen molar-refractivity contribution in [1.29, 1.82) is 0 Å². The first-order chi connectivity index (χ1) is 9.65. The average Bonchev–Trinajstić information content (AvgIpc) is 2.86. The van der Waals surface area contributed by atoms with Crippen LogP contribution in [0.15, 0.2) is 59.7 Å². The van der Waals surface area contributed by atoms with Crippen LogP contribution < -0.4 is 5.73 Å². The van der Waals surface area contributed by atoms with Crippen LogP contribution in [0.1, 0.15) is 11.1 Å². The van der Waals surface area contributed by atoms with Gasteiger partial charge in [-0.2, -0.15) is 0 Å². The van der Waals surface area contributed by atoms with Crippen molar-refractivity contribution in [2.45, 2.75) is 13.8 Å². The fraction of sp³-hybridized carbons (Fsp3) is 0.118. The van der Waals surface area contributed by atoms with E-state index in [1.54, 1.807) is 0 Å². The molecule has 0 saturated carbocycles. The molecule has 0 bridgehead atoms. The van der Waals surface area contributed by atoms with Crippen LogP contribution >= 0.6 is 0 Å². The molecule has 0 fully saturated rings. The Morgan fingerprint density at radius 3 is 2.65 bits per heavy atom. The Bertz CT molecular complexity index is 797. The molecule has 2 aromatic carbocycles. The quantitative estimate of drug-likeness (QED) is 0.527. The molecule has 0 aliphatic heterocycles. The summed E-state index contributed by atoms with van der Waals surface area (Å²) in [6.07, 6.45) is 1.95. The lowest BCUT2D eigenvalue weighted by Crippen LogP contribution is -2.20. The zero-order valence-electron chi connectivity index (χ0n) is 11.7. The van der Waals surface area contributed by atoms with E-state index in [1.807, 2.05) is 54.1 Å². The number of para-hydroxylation sites is 1. The van der Waals surface area contributed by atoms with Crippen molar-refractivity contribution in [3.8, 4) is 0 Å². The zero-order valence-corrected chi connectivity index (χ0v) is 11.7. The lowest BCUT2D eigenvalue weighted by atomic mass is 10.1. The van der Waals surface area contributed by atoms with Gasteiger partial charge in [0.1, 0.15) is 0 Å². The van der Waals surface area contributed by atoms with Gasteiger partial charge < -0.3 is 5.73 Å². The maximum Gasteiger partial charge on any atom is 0.205 e. The Hall–Kier alpha value is -2.55. The maximum absolute atomic E-state index is 6.16. The van der Waals surface area contributed by atoms with Crippen molar-refractivity contribution in [1.82, 2.24) is 4.57 Å². The summed E-state index contributed by atoms with van der Waals surface area (Å²) in [4.78, 5) is 4.55. The van der Waals surface area contributed by atoms with Crippen LogP contribution in [-0.4, -0.2) is 10.5 Å². The number of fused-ring (bicyclic) bond motifs is 1. The molecule has 0 saturated heterocycles. The number of nitrogens with two attached hydrogens (primary N) is 1. The average molecular weight is 263 g/mol. The summed E-state index contributed by atoms with van der Waals surface area (Å²) in [7, 11) is 0. The molecule has 100 valence electrons. The second kappa shape index (κ2) is 4.85. The molecule has 3 nitrogen and oxygen atoms in total. The lowest BCUT2D eigenvalue weighted by Gasteiger charge is -2.06. The summed E-state index contributed by atoms with van der Waals surface area (Å²) in [5.41, 5.74) is 10.5. The third kappa shape index (κ3) is 2.18. The fourth-order valence-electron chi connectivity index (χ4n) is 2.39. The molecule has 20 heavy (non-hydrogen) atoms. The third-order valence-corrected chi connectivity index (χ3v) is 3.43. The predicted molar refractivity (Wildman–Crippen MR) is 84.5 cm³/mol. The minimum absolute atomic E-state index is 0.484. The highest BCUT2D eigenvalue weighted by Gasteiger charge is 2.04. The van der Waals surface area contributed by atoms with E-state index in [1.165, 1.54) is 5.56 Å². The number of aromatic nitrogens is 1. The number of aliphatic imine (C=N–C) groups is 1. The van der Waals surface area contributed by atoms with Gasteiger partial charge in [0.15, 0.2) is 0 Å². The van der Waals surface area contributed by atoms with Crippen LogP contribution in [0.4, 0.5) is 5.69 Å². The van der Waals surface area contributed by atoms with Gasteiger partial charge in [-0.3, -0.25) is 4.57 Å². The van der Waals surface area contributed by atoms with Gasteiger partial charge in [0, 0.05) is 11.6 Å². The highest BCUT2D eigenvalue weighted by molar-refractivity contribution is 5.94. The normalized spacial score (nSPS) is 12.0. The number of benzene rings is 2. The topological polar surface area (TPSA) is 43.3 Å². The fourth-order valence-corrected chi connectivity index (χ4v) is 2.39. The van der Waals surface area contributed by atoms with E-state index in [9.17, 15) is 0 Å². The van der Waals surface area contributed by atoms with Crippen molar-refractivity contribution >= 4 is 22.5 Å². The largest absolute Gasteiger partial charge is 0.369 e. The molecule has 0 aliphatic carbocycles. The van der Waals surface area contributed by atoms with E-state index in [-0.39, 0.29) is 0 Å². The Labute approximate surface area is 118 Å². The Morgan fingerprint density at radius 2 is 1.85 bits per heavy atom. The molecule has 2 N–H and O–H groups in total. The van der Waals surface area contributed by atoms with Crippen LogP contribution in [-0.2, 0) is 0 Å². The highest BCUT2D eigenvalue weighted by atomic mass is 15.1. The number of aryl methyl sites for hydroxylation is 2. The number of hydrogen-bond acceptors (Lipinski definition) is 1. The first-order valence-corrected chi connectivity index (χ1v) is 6.63. The molecule has 1 heterocycles. The van der Waals surface area contributed by atoms with E-state index >= 15 is 0 Å². The van der Waals surface area contributed by atoms with E-state index < -0.39 is 0 Å². The molecular formula is C17H17N3. The standard InChI is InChI=1S/C17H17N3/c1-12-7-8-15(13(2)11-12)19-17(18)20-10-9-14-5-3-4-6-16(14)20/h3-11H,1-2H3,(H2,18,19). The first-order valence-electron chi connectivity index (χ1n) is 6.63. The highest BCUT2D eigenvalue weighted by Crippen LogP contribution is 2.20. The van der Waals surface area contributed by atoms with Gasteiger partial charge in [0.25, 0.3) is 0 Å². The van der Waals surface area contributed by atoms with Crippen molar-refractivity contribution in [3.05, 3.63) is 65.9 Å². The molecule has 3 rings (SSSR count). The summed E-state index contributed by atoms with van der Waals surface area (Å²) < 4.78 is 1.91. The summed E-state index contributed by atoms with van der Waals surface area (Å²) in [6.45, 7) is 4.12. The molecule has 0 spiro atoms. The third-order valence-electron chi connectivity index (χ3n) is 3.43. The van der Waals surface area contributed by atoms with Gasteiger partial charge >= 0.3 is 0 Å². The molecule has 0 amide bonds. The van der Waals surface area contributed by atoms with Gasteiger partial charge in [-0.15, -0.1) is 0 Å². The van der Waals surface area contributed by atoms with Crippen LogP contribution in [0.2, 0.25) is 0 Å². The van der Waals surface area contributed by atoms with Crippen molar-refractivity contribution in [2.75, 3.05) is 0 Å². The van der Waals surface area contributed by atoms with Crippen LogP contribution in [0.3, 0.4) is 0 Å². The molecule has 0 unspecified atom stereocenters. The second-order valence-corrected chi connectivity index (χ2v) is 5.00. The van der Waals surface area contributed by atoms with Crippen LogP contribution in [0, 0.1) is 13.8 Å². The first kappa shape index (κ1) is 12.5. The molecule has 0 aliphatic rings. The van der Waals surface area contributed by atoms with Gasteiger partial charge in [0.2, 0.25) is 5.96 Å². The monoisotopic (exact) mass is 263 g/mol. The number of hydrogen-bond donors (Lipinski definition) is 1. The van der Waals surface area contributed by atoms with Gasteiger partial charge in [0.05, 0.1) is 11.2 Å². The molecular weight excluding hydrogens is 246 g/mol. The van der Waals surface area contributed by atoms with Gasteiger partial charge in [-0.05, 0) is 37.6 Å². The number of nitrogens with zero attached hydrogens (tertiary/aromatic N) is 2. The Balaban J connectivity index is 2.07. The van der Waals surface area contributed by atoms with E-state index in [0.717, 1.165) is 22.2 Å². The SMILES string of the molecule is Cc1ccc(N=C(N)n2ccc3ccccc32)c(C)c1. The molecule has 3 aromatic rings. The second-order valence-electron chi connectivity index (χ2n) is 5.00. The molecule has 0 radical (unpaired) electrons. The van der Waals surface area contributed by atoms with Gasteiger partial charge in [-0.25, -0.2) is 4.99 Å². The Morgan fingerprint density at radius 1 is 1.05 bits per heavy atom. The lowest BCUT2D eigenvalue weighted by molar-refractivity contribution is 1.16. The zero-order chi connectivity index (χ0) is 14.1. The minimum atomic E-state index is 0.484. The summed E-state index contributed by atoms with van der Waals surface area (Å²) >= 11 is 0. The van der Waals surface area contributed by atoms with Crippen molar-refractivity contribution in [2.24, 2.45) is 10.7 Å². The summed E-state index contributed by atoms with van der Waals surface area (Å²) in [6, 6.07) is 16.3. The van der Waals surface area contributed by atoms with E-state index in [2.05, 4.69) is 24.0 Å². The van der Waals surface area contributed by atoms with E-state index in [4.69, 9.17) is 5.73 Å². The van der Waals surface area contributed by atoms with Gasteiger partial charge in [-0.1, -0.05) is 35.9 Å². The maximum atomic E-state index is 6.16. The predicted octanol–water partition coefficient (Wildman–Crippen LogP) is 3.75. The van der Waals surface area contributed by atoms with E-state index in [0.29, 0.717) is 5.96 Å². The minimum Gasteiger partial charge on any atom is -0.369 e. The molecule has 0 atom stereocenters. The smallest absolute Gasteiger partial charge is 0.205 e. The van der Waals surface area contributed by atoms with Crippen LogP contribution in [0.25, 0.3) is 10.9 Å².